The van der Waals surface area contributed by atoms with Crippen molar-refractivity contribution in [3.05, 3.63) is 40.4 Å². The Labute approximate surface area is 119 Å². The quantitative estimate of drug-likeness (QED) is 0.298. The predicted octanol–water partition coefficient (Wildman–Crippen LogP) is -1.53. The lowest BCUT2D eigenvalue weighted by atomic mass is 9.96. The standard InChI is InChI=1S/C12H15NO8/c14-6-8-9(15)10(16)11(12(17,21-8)13(18)19)20-7-4-2-1-3-5-7/h1-5,8-11,14-17H,6H2/t8-,9+,10+,11-,12+/m1/s1. The highest BCUT2D eigenvalue weighted by atomic mass is 16.8. The van der Waals surface area contributed by atoms with E-state index in [1.165, 1.54) is 12.1 Å². The van der Waals surface area contributed by atoms with Crippen molar-refractivity contribution in [1.82, 2.24) is 0 Å². The van der Waals surface area contributed by atoms with E-state index < -0.39 is 41.9 Å². The Morgan fingerprint density at radius 2 is 1.90 bits per heavy atom. The van der Waals surface area contributed by atoms with Crippen LogP contribution < -0.4 is 4.74 Å². The minimum Gasteiger partial charge on any atom is -0.474 e. The van der Waals surface area contributed by atoms with Gasteiger partial charge in [0, 0.05) is 0 Å². The van der Waals surface area contributed by atoms with Gasteiger partial charge in [-0.05, 0) is 12.1 Å². The molecule has 1 aliphatic rings. The maximum Gasteiger partial charge on any atom is 0.480 e. The molecule has 1 aliphatic heterocycles. The molecule has 4 N–H and O–H groups in total. The molecule has 9 heteroatoms. The van der Waals surface area contributed by atoms with Crippen LogP contribution in [-0.2, 0) is 4.74 Å². The van der Waals surface area contributed by atoms with Crippen molar-refractivity contribution in [2.75, 3.05) is 6.61 Å². The van der Waals surface area contributed by atoms with E-state index in [1.807, 2.05) is 0 Å². The van der Waals surface area contributed by atoms with Gasteiger partial charge in [0.2, 0.25) is 0 Å². The van der Waals surface area contributed by atoms with Crippen molar-refractivity contribution >= 4 is 0 Å². The van der Waals surface area contributed by atoms with Gasteiger partial charge in [-0.1, -0.05) is 18.2 Å². The Kier molecular flexibility index (Phi) is 4.40. The van der Waals surface area contributed by atoms with Gasteiger partial charge in [0.15, 0.2) is 0 Å². The normalized spacial score (nSPS) is 36.2. The molecular weight excluding hydrogens is 286 g/mol. The van der Waals surface area contributed by atoms with Gasteiger partial charge in [-0.2, -0.15) is 0 Å². The van der Waals surface area contributed by atoms with Gasteiger partial charge in [0.1, 0.15) is 24.1 Å². The molecule has 0 spiro atoms. The summed E-state index contributed by atoms with van der Waals surface area (Å²) in [7, 11) is 0. The summed E-state index contributed by atoms with van der Waals surface area (Å²) in [5.74, 6) is -2.96. The van der Waals surface area contributed by atoms with E-state index in [1.54, 1.807) is 18.2 Å². The Morgan fingerprint density at radius 3 is 2.43 bits per heavy atom. The van der Waals surface area contributed by atoms with Crippen molar-refractivity contribution in [1.29, 1.82) is 0 Å². The molecule has 1 aromatic carbocycles. The summed E-state index contributed by atoms with van der Waals surface area (Å²) in [4.78, 5) is 9.88. The molecule has 1 heterocycles. The highest BCUT2D eigenvalue weighted by Gasteiger charge is 2.64. The zero-order valence-corrected chi connectivity index (χ0v) is 10.8. The largest absolute Gasteiger partial charge is 0.480 e. The number of benzene rings is 1. The summed E-state index contributed by atoms with van der Waals surface area (Å²) in [6, 6.07) is 7.76. The first-order chi connectivity index (χ1) is 9.90. The minimum absolute atomic E-state index is 0.139. The molecule has 21 heavy (non-hydrogen) atoms. The van der Waals surface area contributed by atoms with Gasteiger partial charge in [-0.3, -0.25) is 14.9 Å². The van der Waals surface area contributed by atoms with Crippen molar-refractivity contribution in [3.63, 3.8) is 0 Å². The molecular formula is C12H15NO8. The molecule has 5 atom stereocenters. The summed E-state index contributed by atoms with van der Waals surface area (Å²) >= 11 is 0. The smallest absolute Gasteiger partial charge is 0.474 e. The second-order valence-electron chi connectivity index (χ2n) is 4.59. The van der Waals surface area contributed by atoms with Crippen LogP contribution in [0.25, 0.3) is 0 Å². The Hall–Kier alpha value is -1.78. The summed E-state index contributed by atoms with van der Waals surface area (Å²) in [5, 5.41) is 49.8. The zero-order valence-electron chi connectivity index (χ0n) is 10.8. The van der Waals surface area contributed by atoms with E-state index in [2.05, 4.69) is 0 Å². The first kappa shape index (κ1) is 15.6. The molecule has 1 aromatic rings. The topological polar surface area (TPSA) is 143 Å². The fourth-order valence-electron chi connectivity index (χ4n) is 2.07. The van der Waals surface area contributed by atoms with Crippen molar-refractivity contribution < 1.29 is 34.8 Å². The monoisotopic (exact) mass is 301 g/mol. The van der Waals surface area contributed by atoms with E-state index in [9.17, 15) is 25.4 Å². The third kappa shape index (κ3) is 2.82. The van der Waals surface area contributed by atoms with E-state index in [0.717, 1.165) is 0 Å². The van der Waals surface area contributed by atoms with Crippen LogP contribution in [0.2, 0.25) is 0 Å². The average molecular weight is 301 g/mol. The Bertz CT molecular complexity index is 497. The molecule has 2 rings (SSSR count). The van der Waals surface area contributed by atoms with Gasteiger partial charge in [-0.15, -0.1) is 0 Å². The molecule has 0 unspecified atom stereocenters. The van der Waals surface area contributed by atoms with E-state index in [0.29, 0.717) is 0 Å². The number of nitrogens with zero attached hydrogens (tertiary/aromatic N) is 1. The zero-order chi connectivity index (χ0) is 15.6. The lowest BCUT2D eigenvalue weighted by molar-refractivity contribution is -0.713. The lowest BCUT2D eigenvalue weighted by Crippen LogP contribution is -2.69. The van der Waals surface area contributed by atoms with E-state index >= 15 is 0 Å². The third-order valence-corrected chi connectivity index (χ3v) is 3.18. The van der Waals surface area contributed by atoms with Crippen LogP contribution in [0.3, 0.4) is 0 Å². The molecule has 0 aliphatic carbocycles. The van der Waals surface area contributed by atoms with Crippen molar-refractivity contribution in [2.24, 2.45) is 0 Å². The lowest BCUT2D eigenvalue weighted by Gasteiger charge is -2.41. The van der Waals surface area contributed by atoms with Gasteiger partial charge >= 0.3 is 5.91 Å². The number of para-hydroxylation sites is 1. The molecule has 0 radical (unpaired) electrons. The fraction of sp³-hybridized carbons (Fsp3) is 0.500. The fourth-order valence-corrected chi connectivity index (χ4v) is 2.07. The van der Waals surface area contributed by atoms with Crippen LogP contribution in [0, 0.1) is 10.1 Å². The van der Waals surface area contributed by atoms with Gasteiger partial charge < -0.3 is 25.2 Å². The van der Waals surface area contributed by atoms with Crippen LogP contribution in [0.4, 0.5) is 0 Å². The van der Waals surface area contributed by atoms with Crippen LogP contribution in [-0.4, -0.2) is 62.3 Å². The number of aliphatic hydroxyl groups excluding tert-OH is 3. The van der Waals surface area contributed by atoms with Crippen LogP contribution in [0.1, 0.15) is 0 Å². The molecule has 0 saturated carbocycles. The molecule has 0 amide bonds. The Morgan fingerprint density at radius 1 is 1.29 bits per heavy atom. The van der Waals surface area contributed by atoms with Crippen LogP contribution in [0.5, 0.6) is 5.75 Å². The maximum absolute atomic E-state index is 11.1. The third-order valence-electron chi connectivity index (χ3n) is 3.18. The number of rotatable bonds is 4. The summed E-state index contributed by atoms with van der Waals surface area (Å²) in [5.41, 5.74) is 0. The van der Waals surface area contributed by atoms with Crippen molar-refractivity contribution in [3.8, 4) is 5.75 Å². The molecule has 9 nitrogen and oxygen atoms in total. The predicted molar refractivity (Wildman–Crippen MR) is 66.8 cm³/mol. The first-order valence-electron chi connectivity index (χ1n) is 6.13. The number of ether oxygens (including phenoxy) is 2. The second kappa shape index (κ2) is 5.92. The number of hydrogen-bond acceptors (Lipinski definition) is 8. The van der Waals surface area contributed by atoms with E-state index in [4.69, 9.17) is 14.6 Å². The SMILES string of the molecule is O=[N+]([O-])[C@@]1(O)O[C@H](CO)[C@H](O)[C@H](O)[C@H]1Oc1ccccc1. The summed E-state index contributed by atoms with van der Waals surface area (Å²) in [6.07, 6.45) is -6.85. The number of aliphatic hydroxyl groups is 4. The summed E-state index contributed by atoms with van der Waals surface area (Å²) < 4.78 is 9.92. The highest BCUT2D eigenvalue weighted by molar-refractivity contribution is 5.22. The molecule has 0 bridgehead atoms. The molecule has 1 saturated heterocycles. The number of nitro groups is 1. The van der Waals surface area contributed by atoms with Gasteiger partial charge in [-0.25, -0.2) is 0 Å². The second-order valence-corrected chi connectivity index (χ2v) is 4.59. The number of hydrogen-bond donors (Lipinski definition) is 4. The van der Waals surface area contributed by atoms with Crippen LogP contribution >= 0.6 is 0 Å². The molecule has 116 valence electrons. The Balaban J connectivity index is 2.32. The van der Waals surface area contributed by atoms with Crippen molar-refractivity contribution in [2.45, 2.75) is 30.3 Å². The minimum atomic E-state index is -3.10. The average Bonchev–Trinajstić information content (AvgIpc) is 2.48. The van der Waals surface area contributed by atoms with E-state index in [-0.39, 0.29) is 5.75 Å². The first-order valence-corrected chi connectivity index (χ1v) is 6.13. The van der Waals surface area contributed by atoms with Gasteiger partial charge in [0.25, 0.3) is 6.10 Å². The maximum atomic E-state index is 11.1. The molecule has 0 aromatic heterocycles. The molecule has 1 fully saturated rings. The van der Waals surface area contributed by atoms with Gasteiger partial charge in [0.05, 0.1) is 11.5 Å². The highest BCUT2D eigenvalue weighted by Crippen LogP contribution is 2.31. The van der Waals surface area contributed by atoms with Crippen LogP contribution in [0.15, 0.2) is 30.3 Å². The summed E-state index contributed by atoms with van der Waals surface area (Å²) in [6.45, 7) is -0.813.